The molecule has 0 spiro atoms. The van der Waals surface area contributed by atoms with Crippen LogP contribution in [0.1, 0.15) is 33.5 Å². The second-order valence-corrected chi connectivity index (χ2v) is 7.22. The zero-order chi connectivity index (χ0) is 21.5. The van der Waals surface area contributed by atoms with E-state index in [4.69, 9.17) is 10.5 Å². The lowest BCUT2D eigenvalue weighted by Gasteiger charge is -2.09. The van der Waals surface area contributed by atoms with Gasteiger partial charge in [0.15, 0.2) is 0 Å². The highest BCUT2D eigenvalue weighted by Gasteiger charge is 2.07. The Morgan fingerprint density at radius 1 is 0.812 bits per heavy atom. The molecule has 0 unspecified atom stereocenters. The van der Waals surface area contributed by atoms with Crippen LogP contribution in [0.2, 0.25) is 0 Å². The maximum atomic E-state index is 9.10. The first-order valence-corrected chi connectivity index (χ1v) is 10.0. The van der Waals surface area contributed by atoms with E-state index < -0.39 is 0 Å². The number of hydrogen-bond acceptors (Lipinski definition) is 3. The van der Waals surface area contributed by atoms with Crippen LogP contribution in [0.25, 0.3) is 5.57 Å². The normalized spacial score (nSPS) is 9.81. The highest BCUT2D eigenvalue weighted by atomic mass is 35.5. The fourth-order valence-corrected chi connectivity index (χ4v) is 3.45. The molecule has 3 aromatic carbocycles. The molecule has 0 fully saturated rings. The average molecular weight is 437 g/mol. The Morgan fingerprint density at radius 3 is 1.91 bits per heavy atom. The molecule has 0 amide bonds. The van der Waals surface area contributed by atoms with Crippen LogP contribution in [0.5, 0.6) is 0 Å². The Labute approximate surface area is 194 Å². The van der Waals surface area contributed by atoms with Crippen molar-refractivity contribution in [1.82, 2.24) is 9.55 Å². The molecule has 5 heteroatoms. The third kappa shape index (κ3) is 5.52. The third-order valence-corrected chi connectivity index (χ3v) is 5.06. The van der Waals surface area contributed by atoms with Gasteiger partial charge >= 0.3 is 0 Å². The zero-order valence-corrected chi connectivity index (χ0v) is 18.2. The maximum absolute atomic E-state index is 9.10. The Morgan fingerprint density at radius 2 is 1.38 bits per heavy atom. The van der Waals surface area contributed by atoms with E-state index in [-0.39, 0.29) is 12.4 Å². The molecule has 4 aromatic rings. The van der Waals surface area contributed by atoms with Crippen molar-refractivity contribution in [2.24, 2.45) is 0 Å². The molecule has 1 aromatic heterocycles. The lowest BCUT2D eigenvalue weighted by Crippen LogP contribution is -1.95. The van der Waals surface area contributed by atoms with Crippen molar-refractivity contribution in [2.75, 3.05) is 0 Å². The first-order chi connectivity index (χ1) is 15.2. The van der Waals surface area contributed by atoms with Crippen molar-refractivity contribution in [3.63, 3.8) is 0 Å². The van der Waals surface area contributed by atoms with Gasteiger partial charge in [0, 0.05) is 19.2 Å². The van der Waals surface area contributed by atoms with Gasteiger partial charge in [-0.2, -0.15) is 10.5 Å². The summed E-state index contributed by atoms with van der Waals surface area (Å²) in [6.07, 6.45) is 6.76. The van der Waals surface area contributed by atoms with Crippen LogP contribution in [-0.4, -0.2) is 9.55 Å². The first-order valence-electron chi connectivity index (χ1n) is 10.0. The summed E-state index contributed by atoms with van der Waals surface area (Å²) in [5.74, 6) is 0. The van der Waals surface area contributed by atoms with Crippen LogP contribution in [-0.2, 0) is 13.0 Å². The Kier molecular flexibility index (Phi) is 7.60. The minimum Gasteiger partial charge on any atom is -0.333 e. The molecule has 4 rings (SSSR count). The number of halogens is 1. The van der Waals surface area contributed by atoms with Crippen molar-refractivity contribution in [3.8, 4) is 12.1 Å². The molecule has 4 nitrogen and oxygen atoms in total. The molecule has 0 radical (unpaired) electrons. The van der Waals surface area contributed by atoms with Gasteiger partial charge < -0.3 is 4.57 Å². The molecule has 1 heterocycles. The van der Waals surface area contributed by atoms with Gasteiger partial charge in [0.25, 0.3) is 0 Å². The number of rotatable bonds is 6. The van der Waals surface area contributed by atoms with E-state index in [1.807, 2.05) is 73.1 Å². The van der Waals surface area contributed by atoms with Crippen molar-refractivity contribution in [1.29, 1.82) is 10.5 Å². The van der Waals surface area contributed by atoms with E-state index >= 15 is 0 Å². The topological polar surface area (TPSA) is 65.4 Å². The van der Waals surface area contributed by atoms with E-state index in [0.29, 0.717) is 17.5 Å². The van der Waals surface area contributed by atoms with Crippen molar-refractivity contribution in [3.05, 3.63) is 131 Å². The smallest absolute Gasteiger partial charge is 0.0991 e. The molecule has 0 saturated heterocycles. The summed E-state index contributed by atoms with van der Waals surface area (Å²) in [6.45, 7) is 0.787. The molecule has 0 aliphatic carbocycles. The minimum absolute atomic E-state index is 0. The van der Waals surface area contributed by atoms with Crippen molar-refractivity contribution in [2.45, 2.75) is 13.0 Å². The van der Waals surface area contributed by atoms with Gasteiger partial charge in [0.05, 0.1) is 35.3 Å². The summed E-state index contributed by atoms with van der Waals surface area (Å²) in [7, 11) is 0. The Hall–Kier alpha value is -4.12. The van der Waals surface area contributed by atoms with E-state index in [1.165, 1.54) is 5.56 Å². The summed E-state index contributed by atoms with van der Waals surface area (Å²) in [5.41, 5.74) is 6.56. The van der Waals surface area contributed by atoms with Gasteiger partial charge in [-0.25, -0.2) is 4.98 Å². The summed E-state index contributed by atoms with van der Waals surface area (Å²) in [4.78, 5) is 4.56. The molecule has 0 aliphatic rings. The third-order valence-electron chi connectivity index (χ3n) is 5.06. The SMILES string of the molecule is Cl.N#Cc1ccc(C(=CCc2cn(Cc3ccccc3)cn2)c2ccc(C#N)cc2)cc1. The quantitative estimate of drug-likeness (QED) is 0.385. The number of aromatic nitrogens is 2. The number of imidazole rings is 1. The molecule has 32 heavy (non-hydrogen) atoms. The lowest BCUT2D eigenvalue weighted by atomic mass is 9.95. The summed E-state index contributed by atoms with van der Waals surface area (Å²) >= 11 is 0. The fourth-order valence-electron chi connectivity index (χ4n) is 3.45. The molecule has 0 bridgehead atoms. The maximum Gasteiger partial charge on any atom is 0.0991 e. The molecule has 0 atom stereocenters. The molecule has 156 valence electrons. The predicted molar refractivity (Wildman–Crippen MR) is 128 cm³/mol. The highest BCUT2D eigenvalue weighted by molar-refractivity contribution is 5.85. The largest absolute Gasteiger partial charge is 0.333 e. The molecule has 0 aliphatic heterocycles. The minimum atomic E-state index is 0. The van der Waals surface area contributed by atoms with E-state index in [1.54, 1.807) is 0 Å². The Balaban J connectivity index is 0.00000289. The summed E-state index contributed by atoms with van der Waals surface area (Å²) in [5, 5.41) is 18.2. The summed E-state index contributed by atoms with van der Waals surface area (Å²) in [6, 6.07) is 29.7. The van der Waals surface area contributed by atoms with Crippen LogP contribution in [0.4, 0.5) is 0 Å². The van der Waals surface area contributed by atoms with Gasteiger partial charge in [-0.1, -0.05) is 60.7 Å². The van der Waals surface area contributed by atoms with Crippen LogP contribution in [0, 0.1) is 22.7 Å². The zero-order valence-electron chi connectivity index (χ0n) is 17.3. The number of hydrogen-bond donors (Lipinski definition) is 0. The molecular weight excluding hydrogens is 416 g/mol. The second kappa shape index (κ2) is 10.8. The van der Waals surface area contributed by atoms with Crippen LogP contribution >= 0.6 is 12.4 Å². The van der Waals surface area contributed by atoms with Crippen LogP contribution in [0.3, 0.4) is 0 Å². The number of allylic oxidation sites excluding steroid dienone is 1. The highest BCUT2D eigenvalue weighted by Crippen LogP contribution is 2.25. The summed E-state index contributed by atoms with van der Waals surface area (Å²) < 4.78 is 2.08. The van der Waals surface area contributed by atoms with Gasteiger partial charge in [0.1, 0.15) is 0 Å². The second-order valence-electron chi connectivity index (χ2n) is 7.22. The molecule has 0 saturated carbocycles. The lowest BCUT2D eigenvalue weighted by molar-refractivity contribution is 0.796. The predicted octanol–water partition coefficient (Wildman–Crippen LogP) is 5.77. The van der Waals surface area contributed by atoms with Gasteiger partial charge in [0.2, 0.25) is 0 Å². The fraction of sp³-hybridized carbons (Fsp3) is 0.0741. The van der Waals surface area contributed by atoms with Crippen LogP contribution in [0.15, 0.2) is 97.5 Å². The standard InChI is InChI=1S/C27H20N4.ClH/c28-16-21-6-10-24(11-7-21)27(25-12-8-22(17-29)9-13-25)15-14-26-19-31(20-30-26)18-23-4-2-1-3-5-23;/h1-13,15,19-20H,14,18H2;1H. The number of nitriles is 2. The molecular formula is C27H21ClN4. The van der Waals surface area contributed by atoms with Crippen molar-refractivity contribution >= 4 is 18.0 Å². The van der Waals surface area contributed by atoms with Crippen LogP contribution < -0.4 is 0 Å². The van der Waals surface area contributed by atoms with Crippen molar-refractivity contribution < 1.29 is 0 Å². The average Bonchev–Trinajstić information content (AvgIpc) is 3.28. The van der Waals surface area contributed by atoms with E-state index in [9.17, 15) is 0 Å². The van der Waals surface area contributed by atoms with Gasteiger partial charge in [-0.15, -0.1) is 12.4 Å². The van der Waals surface area contributed by atoms with Gasteiger partial charge in [-0.05, 0) is 46.5 Å². The van der Waals surface area contributed by atoms with Gasteiger partial charge in [-0.3, -0.25) is 0 Å². The number of benzene rings is 3. The molecule has 0 N–H and O–H groups in total. The number of nitrogens with zero attached hydrogens (tertiary/aromatic N) is 4. The first kappa shape index (κ1) is 22.6. The Bertz CT molecular complexity index is 1210. The van der Waals surface area contributed by atoms with E-state index in [2.05, 4.69) is 46.1 Å². The van der Waals surface area contributed by atoms with E-state index in [0.717, 1.165) is 28.9 Å². The monoisotopic (exact) mass is 436 g/mol.